The molecule has 0 aliphatic carbocycles. The molecule has 0 aliphatic heterocycles. The molecule has 7 heteroatoms. The smallest absolute Gasteiger partial charge is 0.269 e. The molecule has 3 aromatic carbocycles. The quantitative estimate of drug-likeness (QED) is 0.187. The van der Waals surface area contributed by atoms with Gasteiger partial charge in [0.05, 0.1) is 22.6 Å². The first-order chi connectivity index (χ1) is 15.4. The average Bonchev–Trinajstić information content (AvgIpc) is 3.22. The van der Waals surface area contributed by atoms with Crippen LogP contribution in [0.2, 0.25) is 0 Å². The highest BCUT2D eigenvalue weighted by Crippen LogP contribution is 2.41. The first kappa shape index (κ1) is 21.4. The van der Waals surface area contributed by atoms with Crippen molar-refractivity contribution in [2.45, 2.75) is 13.8 Å². The van der Waals surface area contributed by atoms with Crippen LogP contribution < -0.4 is 4.74 Å². The monoisotopic (exact) mass is 443 g/mol. The summed E-state index contributed by atoms with van der Waals surface area (Å²) in [5, 5.41) is 11.7. The minimum Gasteiger partial charge on any atom is -0.497 e. The number of nitro groups is 1. The SMILES string of the molecule is COc1cccc(C=Nc2nc(-c3ccc(C)cc3C)c(-c3ccc([N+](=O)[O-])cc3)s2)c1. The lowest BCUT2D eigenvalue weighted by molar-refractivity contribution is -0.384. The second kappa shape index (κ2) is 9.11. The Morgan fingerprint density at radius 2 is 1.84 bits per heavy atom. The van der Waals surface area contributed by atoms with Crippen molar-refractivity contribution in [2.75, 3.05) is 7.11 Å². The standard InChI is InChI=1S/C25H21N3O3S/c1-16-7-12-22(17(2)13-16)23-24(19-8-10-20(11-9-19)28(29)30)32-25(27-23)26-15-18-5-4-6-21(14-18)31-3/h4-15H,1-3H3. The molecule has 0 unspecified atom stereocenters. The van der Waals surface area contributed by atoms with Gasteiger partial charge in [0.25, 0.3) is 5.69 Å². The lowest BCUT2D eigenvalue weighted by atomic mass is 10.0. The van der Waals surface area contributed by atoms with Crippen molar-refractivity contribution in [1.29, 1.82) is 0 Å². The van der Waals surface area contributed by atoms with Gasteiger partial charge in [-0.25, -0.2) is 9.98 Å². The second-order valence-corrected chi connectivity index (χ2v) is 8.31. The van der Waals surface area contributed by atoms with E-state index in [2.05, 4.69) is 37.0 Å². The van der Waals surface area contributed by atoms with Crippen molar-refractivity contribution in [3.63, 3.8) is 0 Å². The van der Waals surface area contributed by atoms with E-state index in [4.69, 9.17) is 9.72 Å². The fraction of sp³-hybridized carbons (Fsp3) is 0.120. The number of hydrogen-bond donors (Lipinski definition) is 0. The normalized spacial score (nSPS) is 11.1. The molecular weight excluding hydrogens is 422 g/mol. The molecule has 0 aliphatic rings. The van der Waals surface area contributed by atoms with Crippen molar-refractivity contribution in [1.82, 2.24) is 4.98 Å². The predicted octanol–water partition coefficient (Wildman–Crippen LogP) is 6.76. The molecule has 0 spiro atoms. The molecule has 0 bridgehead atoms. The number of aliphatic imine (C=N–C) groups is 1. The lowest BCUT2D eigenvalue weighted by Crippen LogP contribution is -1.89. The van der Waals surface area contributed by atoms with Crippen molar-refractivity contribution in [3.8, 4) is 27.4 Å². The fourth-order valence-corrected chi connectivity index (χ4v) is 4.34. The number of rotatable bonds is 6. The third kappa shape index (κ3) is 4.58. The molecule has 0 N–H and O–H groups in total. The van der Waals surface area contributed by atoms with Crippen molar-refractivity contribution in [3.05, 3.63) is 93.5 Å². The number of nitro benzene ring substituents is 1. The highest BCUT2D eigenvalue weighted by atomic mass is 32.1. The lowest BCUT2D eigenvalue weighted by Gasteiger charge is -2.07. The van der Waals surface area contributed by atoms with Crippen molar-refractivity contribution < 1.29 is 9.66 Å². The summed E-state index contributed by atoms with van der Waals surface area (Å²) in [6, 6.07) is 20.4. The summed E-state index contributed by atoms with van der Waals surface area (Å²) in [6.07, 6.45) is 1.76. The number of methoxy groups -OCH3 is 1. The van der Waals surface area contributed by atoms with Crippen LogP contribution in [-0.2, 0) is 0 Å². The van der Waals surface area contributed by atoms with E-state index in [0.717, 1.165) is 38.6 Å². The Labute approximate surface area is 190 Å². The van der Waals surface area contributed by atoms with E-state index in [0.29, 0.717) is 5.13 Å². The number of hydrogen-bond acceptors (Lipinski definition) is 6. The first-order valence-corrected chi connectivity index (χ1v) is 10.8. The van der Waals surface area contributed by atoms with E-state index >= 15 is 0 Å². The Bertz CT molecular complexity index is 1310. The molecule has 4 aromatic rings. The molecule has 0 atom stereocenters. The molecule has 160 valence electrons. The maximum absolute atomic E-state index is 11.1. The number of aromatic nitrogens is 1. The third-order valence-corrected chi connectivity index (χ3v) is 6.02. The van der Waals surface area contributed by atoms with Gasteiger partial charge in [-0.05, 0) is 54.8 Å². The van der Waals surface area contributed by atoms with Crippen molar-refractivity contribution in [2.24, 2.45) is 4.99 Å². The number of benzene rings is 3. The van der Waals surface area contributed by atoms with Gasteiger partial charge in [-0.3, -0.25) is 10.1 Å². The van der Waals surface area contributed by atoms with Crippen LogP contribution in [0.15, 0.2) is 71.7 Å². The average molecular weight is 444 g/mol. The van der Waals surface area contributed by atoms with Gasteiger partial charge in [-0.1, -0.05) is 47.2 Å². The minimum absolute atomic E-state index is 0.0580. The minimum atomic E-state index is -0.397. The molecule has 32 heavy (non-hydrogen) atoms. The van der Waals surface area contributed by atoms with E-state index in [9.17, 15) is 10.1 Å². The van der Waals surface area contributed by atoms with Gasteiger partial charge in [0, 0.05) is 23.9 Å². The number of aryl methyl sites for hydroxylation is 2. The molecule has 0 radical (unpaired) electrons. The summed E-state index contributed by atoms with van der Waals surface area (Å²) in [5.74, 6) is 0.760. The van der Waals surface area contributed by atoms with Crippen molar-refractivity contribution >= 4 is 28.4 Å². The fourth-order valence-electron chi connectivity index (χ4n) is 3.41. The first-order valence-electron chi connectivity index (χ1n) is 9.96. The zero-order valence-corrected chi connectivity index (χ0v) is 18.7. The van der Waals surface area contributed by atoms with Crippen LogP contribution in [-0.4, -0.2) is 23.2 Å². The highest BCUT2D eigenvalue weighted by molar-refractivity contribution is 7.19. The van der Waals surface area contributed by atoms with Gasteiger partial charge in [0.2, 0.25) is 5.13 Å². The van der Waals surface area contributed by atoms with Crippen LogP contribution in [0.3, 0.4) is 0 Å². The van der Waals surface area contributed by atoms with Gasteiger partial charge in [0.1, 0.15) is 5.75 Å². The summed E-state index contributed by atoms with van der Waals surface area (Å²) in [4.78, 5) is 21.0. The maximum atomic E-state index is 11.1. The maximum Gasteiger partial charge on any atom is 0.269 e. The molecular formula is C25H21N3O3S. The number of ether oxygens (including phenoxy) is 1. The van der Waals surface area contributed by atoms with E-state index < -0.39 is 4.92 Å². The zero-order chi connectivity index (χ0) is 22.7. The molecule has 0 saturated heterocycles. The van der Waals surface area contributed by atoms with Gasteiger partial charge in [-0.15, -0.1) is 0 Å². The van der Waals surface area contributed by atoms with E-state index in [1.165, 1.54) is 29.0 Å². The number of thiazole rings is 1. The number of nitrogens with zero attached hydrogens (tertiary/aromatic N) is 3. The summed E-state index contributed by atoms with van der Waals surface area (Å²) >= 11 is 1.45. The summed E-state index contributed by atoms with van der Waals surface area (Å²) in [7, 11) is 1.63. The van der Waals surface area contributed by atoms with Crippen LogP contribution in [0.25, 0.3) is 21.7 Å². The molecule has 6 nitrogen and oxygen atoms in total. The second-order valence-electron chi connectivity index (χ2n) is 7.33. The third-order valence-electron chi connectivity index (χ3n) is 5.01. The van der Waals surface area contributed by atoms with E-state index in [1.54, 1.807) is 25.5 Å². The predicted molar refractivity (Wildman–Crippen MR) is 129 cm³/mol. The Morgan fingerprint density at radius 1 is 1.06 bits per heavy atom. The van der Waals surface area contributed by atoms with Crippen LogP contribution in [0, 0.1) is 24.0 Å². The molecule has 1 heterocycles. The number of non-ortho nitro benzene ring substituents is 1. The summed E-state index contributed by atoms with van der Waals surface area (Å²) < 4.78 is 5.27. The van der Waals surface area contributed by atoms with Gasteiger partial charge < -0.3 is 4.74 Å². The van der Waals surface area contributed by atoms with Crippen LogP contribution in [0.4, 0.5) is 10.8 Å². The van der Waals surface area contributed by atoms with Crippen LogP contribution in [0.5, 0.6) is 5.75 Å². The Kier molecular flexibility index (Phi) is 6.09. The topological polar surface area (TPSA) is 77.6 Å². The zero-order valence-electron chi connectivity index (χ0n) is 17.9. The van der Waals surface area contributed by atoms with Crippen LogP contribution >= 0.6 is 11.3 Å². The summed E-state index contributed by atoms with van der Waals surface area (Å²) in [6.45, 7) is 4.11. The summed E-state index contributed by atoms with van der Waals surface area (Å²) in [5.41, 5.74) is 5.96. The largest absolute Gasteiger partial charge is 0.497 e. The van der Waals surface area contributed by atoms with Gasteiger partial charge in [-0.2, -0.15) is 0 Å². The molecule has 0 saturated carbocycles. The molecule has 0 fully saturated rings. The van der Waals surface area contributed by atoms with Gasteiger partial charge >= 0.3 is 0 Å². The Morgan fingerprint density at radius 3 is 2.53 bits per heavy atom. The van der Waals surface area contributed by atoms with Crippen LogP contribution in [0.1, 0.15) is 16.7 Å². The molecule has 4 rings (SSSR count). The molecule has 0 amide bonds. The van der Waals surface area contributed by atoms with E-state index in [-0.39, 0.29) is 5.69 Å². The Balaban J connectivity index is 1.79. The Hall–Kier alpha value is -3.84. The highest BCUT2D eigenvalue weighted by Gasteiger charge is 2.17. The van der Waals surface area contributed by atoms with E-state index in [1.807, 2.05) is 24.3 Å². The van der Waals surface area contributed by atoms with Gasteiger partial charge in [0.15, 0.2) is 0 Å². The molecule has 1 aromatic heterocycles.